The van der Waals surface area contributed by atoms with Gasteiger partial charge in [-0.25, -0.2) is 0 Å². The quantitative estimate of drug-likeness (QED) is 0.108. The van der Waals surface area contributed by atoms with E-state index in [-0.39, 0.29) is 43.9 Å². The Hall–Kier alpha value is -3.81. The molecule has 0 radical (unpaired) electrons. The number of carboxylic acids is 2. The van der Waals surface area contributed by atoms with Crippen molar-refractivity contribution in [3.63, 3.8) is 0 Å². The molecule has 0 unspecified atom stereocenters. The molecule has 15 heteroatoms. The van der Waals surface area contributed by atoms with Crippen molar-refractivity contribution in [1.82, 2.24) is 21.3 Å². The van der Waals surface area contributed by atoms with Crippen molar-refractivity contribution in [3.8, 4) is 0 Å². The molecule has 47 heavy (non-hydrogen) atoms. The van der Waals surface area contributed by atoms with Gasteiger partial charge in [0.05, 0.1) is 12.8 Å². The zero-order chi connectivity index (χ0) is 35.1. The zero-order valence-electron chi connectivity index (χ0n) is 26.1. The van der Waals surface area contributed by atoms with Gasteiger partial charge in [-0.05, 0) is 54.0 Å². The molecule has 0 fully saturated rings. The Kier molecular flexibility index (Phi) is 16.6. The Morgan fingerprint density at radius 2 is 1.43 bits per heavy atom. The highest BCUT2D eigenvalue weighted by Crippen LogP contribution is 2.21. The van der Waals surface area contributed by atoms with E-state index in [1.165, 1.54) is 0 Å². The molecule has 0 bridgehead atoms. The van der Waals surface area contributed by atoms with E-state index in [0.717, 1.165) is 5.56 Å². The van der Waals surface area contributed by atoms with E-state index in [1.807, 2.05) is 13.8 Å². The highest BCUT2D eigenvalue weighted by atomic mass is 35.5. The molecule has 4 amide bonds. The van der Waals surface area contributed by atoms with E-state index in [0.29, 0.717) is 27.6 Å². The van der Waals surface area contributed by atoms with E-state index in [4.69, 9.17) is 28.3 Å². The van der Waals surface area contributed by atoms with Crippen molar-refractivity contribution in [1.29, 1.82) is 0 Å². The number of carboxylic acid groups (broad SMARTS) is 2. The van der Waals surface area contributed by atoms with E-state index in [1.54, 1.807) is 42.5 Å². The summed E-state index contributed by atoms with van der Waals surface area (Å²) in [5, 5.41) is 29.7. The number of thiol groups is 1. The molecule has 0 aromatic heterocycles. The molecule has 0 spiro atoms. The fourth-order valence-corrected chi connectivity index (χ4v) is 5.36. The number of amides is 4. The lowest BCUT2D eigenvalue weighted by atomic mass is 10.0. The van der Waals surface area contributed by atoms with Crippen molar-refractivity contribution < 1.29 is 39.0 Å². The highest BCUT2D eigenvalue weighted by Gasteiger charge is 2.30. The summed E-state index contributed by atoms with van der Waals surface area (Å²) < 4.78 is 0. The first-order valence-corrected chi connectivity index (χ1v) is 16.3. The van der Waals surface area contributed by atoms with Crippen LogP contribution in [0.5, 0.6) is 0 Å². The molecular formula is C32H40Cl2N4O8S. The van der Waals surface area contributed by atoms with Crippen LogP contribution >= 0.6 is 35.8 Å². The molecule has 256 valence electrons. The van der Waals surface area contributed by atoms with E-state index >= 15 is 0 Å². The monoisotopic (exact) mass is 710 g/mol. The Balaban J connectivity index is 2.08. The predicted molar refractivity (Wildman–Crippen MR) is 181 cm³/mol. The number of carbonyl (C=O) groups is 6. The van der Waals surface area contributed by atoms with Crippen LogP contribution in [0.15, 0.2) is 42.5 Å². The molecule has 2 aromatic carbocycles. The third kappa shape index (κ3) is 14.7. The van der Waals surface area contributed by atoms with Crippen LogP contribution in [-0.2, 0) is 48.0 Å². The van der Waals surface area contributed by atoms with Crippen molar-refractivity contribution in [2.75, 3.05) is 12.3 Å². The topological polar surface area (TPSA) is 191 Å². The SMILES string of the molecule is CC(C)C[C@H](NC(=O)[C@H](CCC(=O)O)NC(=O)Cc1cccc(CC(=O)O)c1)C(=O)N[C@@H](CS)C(=O)NCCc1ccc(Cl)cc1Cl. The largest absolute Gasteiger partial charge is 0.481 e. The van der Waals surface area contributed by atoms with Crippen molar-refractivity contribution in [2.45, 2.75) is 70.5 Å². The number of hydrogen-bond donors (Lipinski definition) is 7. The maximum atomic E-state index is 13.4. The lowest BCUT2D eigenvalue weighted by Gasteiger charge is -2.26. The van der Waals surface area contributed by atoms with Gasteiger partial charge in [0, 0.05) is 28.8 Å². The number of nitrogens with one attached hydrogen (secondary N) is 4. The molecule has 2 rings (SSSR count). The molecule has 3 atom stereocenters. The minimum absolute atomic E-state index is 0.0351. The Labute approximate surface area is 288 Å². The van der Waals surface area contributed by atoms with Gasteiger partial charge in [0.1, 0.15) is 18.1 Å². The van der Waals surface area contributed by atoms with Gasteiger partial charge in [-0.1, -0.05) is 67.4 Å². The number of carbonyl (C=O) groups excluding carboxylic acids is 4. The van der Waals surface area contributed by atoms with Crippen LogP contribution in [0, 0.1) is 5.92 Å². The first-order valence-electron chi connectivity index (χ1n) is 14.9. The molecule has 0 aliphatic rings. The van der Waals surface area contributed by atoms with E-state index < -0.39 is 60.1 Å². The van der Waals surface area contributed by atoms with Crippen LogP contribution in [0.1, 0.15) is 49.8 Å². The van der Waals surface area contributed by atoms with Gasteiger partial charge in [-0.15, -0.1) is 0 Å². The maximum Gasteiger partial charge on any atom is 0.307 e. The number of aliphatic carboxylic acids is 2. The highest BCUT2D eigenvalue weighted by molar-refractivity contribution is 7.80. The molecule has 0 saturated heterocycles. The Bertz CT molecular complexity index is 1440. The lowest BCUT2D eigenvalue weighted by molar-refractivity contribution is -0.138. The molecular weight excluding hydrogens is 671 g/mol. The number of hydrogen-bond acceptors (Lipinski definition) is 7. The molecule has 2 aromatic rings. The zero-order valence-corrected chi connectivity index (χ0v) is 28.5. The number of rotatable bonds is 19. The second kappa shape index (κ2) is 19.8. The summed E-state index contributed by atoms with van der Waals surface area (Å²) in [5.74, 6) is -4.83. The first-order chi connectivity index (χ1) is 22.2. The predicted octanol–water partition coefficient (Wildman–Crippen LogP) is 2.82. The minimum Gasteiger partial charge on any atom is -0.481 e. The third-order valence-electron chi connectivity index (χ3n) is 6.87. The van der Waals surface area contributed by atoms with E-state index in [9.17, 15) is 33.9 Å². The van der Waals surface area contributed by atoms with Crippen LogP contribution in [0.3, 0.4) is 0 Å². The smallest absolute Gasteiger partial charge is 0.307 e. The van der Waals surface area contributed by atoms with Gasteiger partial charge < -0.3 is 31.5 Å². The van der Waals surface area contributed by atoms with Gasteiger partial charge in [0.15, 0.2) is 0 Å². The summed E-state index contributed by atoms with van der Waals surface area (Å²) in [5.41, 5.74) is 1.77. The van der Waals surface area contributed by atoms with Crippen molar-refractivity contribution in [3.05, 3.63) is 69.2 Å². The lowest BCUT2D eigenvalue weighted by Crippen LogP contribution is -2.57. The van der Waals surface area contributed by atoms with Crippen LogP contribution in [0.4, 0.5) is 0 Å². The average molecular weight is 712 g/mol. The van der Waals surface area contributed by atoms with Gasteiger partial charge >= 0.3 is 11.9 Å². The molecule has 0 saturated carbocycles. The second-order valence-electron chi connectivity index (χ2n) is 11.3. The van der Waals surface area contributed by atoms with Crippen molar-refractivity contribution >= 4 is 71.4 Å². The Morgan fingerprint density at radius 3 is 2.02 bits per heavy atom. The first kappa shape index (κ1) is 39.4. The molecule has 0 aliphatic heterocycles. The summed E-state index contributed by atoms with van der Waals surface area (Å²) in [4.78, 5) is 74.7. The van der Waals surface area contributed by atoms with Gasteiger partial charge in [0.2, 0.25) is 23.6 Å². The van der Waals surface area contributed by atoms with Crippen molar-refractivity contribution in [2.24, 2.45) is 5.92 Å². The number of benzene rings is 2. The van der Waals surface area contributed by atoms with E-state index in [2.05, 4.69) is 33.9 Å². The third-order valence-corrected chi connectivity index (χ3v) is 7.83. The van der Waals surface area contributed by atoms with Gasteiger partial charge in [-0.3, -0.25) is 28.8 Å². The van der Waals surface area contributed by atoms with Crippen LogP contribution in [0.2, 0.25) is 10.0 Å². The summed E-state index contributed by atoms with van der Waals surface area (Å²) >= 11 is 16.3. The number of halogens is 2. The molecule has 0 aliphatic carbocycles. The Morgan fingerprint density at radius 1 is 0.787 bits per heavy atom. The van der Waals surface area contributed by atoms with Gasteiger partial charge in [-0.2, -0.15) is 12.6 Å². The standard InChI is InChI=1S/C32H40Cl2N4O8S/c1-18(2)12-25(32(46)38-26(17-47)30(44)35-11-10-21-6-7-22(33)16-23(21)34)37-31(45)24(8-9-28(40)41)36-27(39)14-19-4-3-5-20(13-19)15-29(42)43/h3-7,13,16,18,24-26,47H,8-12,14-15,17H2,1-2H3,(H,35,44)(H,36,39)(H,37,45)(H,38,46)(H,40,41)(H,42,43)/t24-,25-,26-/m0/s1. The van der Waals surface area contributed by atoms with Gasteiger partial charge in [0.25, 0.3) is 0 Å². The second-order valence-corrected chi connectivity index (χ2v) is 12.5. The van der Waals surface area contributed by atoms with Crippen LogP contribution < -0.4 is 21.3 Å². The summed E-state index contributed by atoms with van der Waals surface area (Å²) in [7, 11) is 0. The minimum atomic E-state index is -1.29. The molecule has 0 heterocycles. The fraction of sp³-hybridized carbons (Fsp3) is 0.438. The summed E-state index contributed by atoms with van der Waals surface area (Å²) in [6, 6.07) is 8.01. The molecule has 6 N–H and O–H groups in total. The summed E-state index contributed by atoms with van der Waals surface area (Å²) in [6.45, 7) is 3.89. The fourth-order valence-electron chi connectivity index (χ4n) is 4.60. The maximum absolute atomic E-state index is 13.4. The van der Waals surface area contributed by atoms with Crippen LogP contribution in [-0.4, -0.2) is 76.2 Å². The molecule has 12 nitrogen and oxygen atoms in total. The van der Waals surface area contributed by atoms with Crippen LogP contribution in [0.25, 0.3) is 0 Å². The average Bonchev–Trinajstić information content (AvgIpc) is 2.98. The summed E-state index contributed by atoms with van der Waals surface area (Å²) in [6.07, 6.45) is -0.505. The normalized spacial score (nSPS) is 12.8.